The first-order chi connectivity index (χ1) is 17.5. The van der Waals surface area contributed by atoms with Crippen LogP contribution in [0.4, 0.5) is 11.4 Å². The minimum atomic E-state index is -3.84. The monoisotopic (exact) mass is 521 g/mol. The largest absolute Gasteiger partial charge is 0.481 e. The van der Waals surface area contributed by atoms with E-state index in [2.05, 4.69) is 15.0 Å². The molecule has 0 fully saturated rings. The van der Waals surface area contributed by atoms with Crippen LogP contribution >= 0.6 is 0 Å². The molecule has 3 aromatic rings. The van der Waals surface area contributed by atoms with Gasteiger partial charge in [-0.05, 0) is 68.2 Å². The van der Waals surface area contributed by atoms with E-state index in [4.69, 9.17) is 0 Å². The summed E-state index contributed by atoms with van der Waals surface area (Å²) in [5, 5.41) is 12.2. The molecule has 192 valence electrons. The van der Waals surface area contributed by atoms with E-state index in [1.54, 1.807) is 49.4 Å². The van der Waals surface area contributed by atoms with Crippen molar-refractivity contribution in [2.75, 3.05) is 10.0 Å². The third-order valence-corrected chi connectivity index (χ3v) is 7.72. The van der Waals surface area contributed by atoms with E-state index in [1.807, 2.05) is 6.92 Å². The van der Waals surface area contributed by atoms with Crippen molar-refractivity contribution in [1.82, 2.24) is 4.98 Å². The van der Waals surface area contributed by atoms with Crippen LogP contribution in [0.3, 0.4) is 0 Å². The minimum absolute atomic E-state index is 0.104. The van der Waals surface area contributed by atoms with E-state index in [1.165, 1.54) is 19.1 Å². The summed E-state index contributed by atoms with van der Waals surface area (Å²) in [4.78, 5) is 40.2. The number of carboxylic acid groups (broad SMARTS) is 1. The number of anilines is 2. The van der Waals surface area contributed by atoms with Crippen LogP contribution in [-0.2, 0) is 19.6 Å². The first kappa shape index (κ1) is 25.9. The molecule has 4 rings (SSSR count). The predicted octanol–water partition coefficient (Wildman–Crippen LogP) is 4.79. The van der Waals surface area contributed by atoms with Crippen LogP contribution in [0.25, 0.3) is 11.6 Å². The SMILES string of the molecule is CCC(CC(=O)O)c1c(/C=C2\C(=O)Nc3ccc(NS(=O)(=O)c4ccccc4)cc32)[nH]c(C)c1C(C)=O. The van der Waals surface area contributed by atoms with Gasteiger partial charge in [-0.15, -0.1) is 0 Å². The maximum Gasteiger partial charge on any atom is 0.303 e. The van der Waals surface area contributed by atoms with Crippen molar-refractivity contribution < 1.29 is 27.9 Å². The van der Waals surface area contributed by atoms with Gasteiger partial charge in [0.2, 0.25) is 0 Å². The number of rotatable bonds is 9. The number of aliphatic carboxylic acids is 1. The average molecular weight is 522 g/mol. The van der Waals surface area contributed by atoms with Crippen LogP contribution in [0.5, 0.6) is 0 Å². The number of hydrogen-bond donors (Lipinski definition) is 4. The van der Waals surface area contributed by atoms with Gasteiger partial charge in [0.25, 0.3) is 15.9 Å². The zero-order valence-electron chi connectivity index (χ0n) is 20.6. The van der Waals surface area contributed by atoms with E-state index in [9.17, 15) is 27.9 Å². The molecule has 0 radical (unpaired) electrons. The summed E-state index contributed by atoms with van der Waals surface area (Å²) in [5.74, 6) is -2.03. The number of aromatic amines is 1. The number of carbonyl (C=O) groups is 3. The number of sulfonamides is 1. The summed E-state index contributed by atoms with van der Waals surface area (Å²) in [6.45, 7) is 5.00. The molecule has 0 bridgehead atoms. The smallest absolute Gasteiger partial charge is 0.303 e. The van der Waals surface area contributed by atoms with Gasteiger partial charge in [0.05, 0.1) is 16.9 Å². The second kappa shape index (κ2) is 10.1. The van der Waals surface area contributed by atoms with Crippen LogP contribution in [0.1, 0.15) is 65.5 Å². The maximum absolute atomic E-state index is 12.9. The molecule has 1 aliphatic heterocycles. The lowest BCUT2D eigenvalue weighted by Crippen LogP contribution is -2.12. The molecular weight excluding hydrogens is 494 g/mol. The van der Waals surface area contributed by atoms with Crippen molar-refractivity contribution in [2.45, 2.75) is 44.4 Å². The summed E-state index contributed by atoms with van der Waals surface area (Å²) in [7, 11) is -3.84. The lowest BCUT2D eigenvalue weighted by atomic mass is 9.87. The Kier molecular flexibility index (Phi) is 7.04. The highest BCUT2D eigenvalue weighted by Gasteiger charge is 2.29. The molecule has 1 unspecified atom stereocenters. The number of hydrogen-bond acceptors (Lipinski definition) is 5. The lowest BCUT2D eigenvalue weighted by Gasteiger charge is -2.15. The van der Waals surface area contributed by atoms with Crippen LogP contribution in [-0.4, -0.2) is 36.2 Å². The van der Waals surface area contributed by atoms with Crippen molar-refractivity contribution >= 4 is 50.7 Å². The van der Waals surface area contributed by atoms with Crippen LogP contribution < -0.4 is 10.0 Å². The molecule has 1 aromatic heterocycles. The molecule has 0 saturated heterocycles. The maximum atomic E-state index is 12.9. The van der Waals surface area contributed by atoms with Gasteiger partial charge in [0, 0.05) is 33.9 Å². The van der Waals surface area contributed by atoms with Crippen molar-refractivity contribution in [3.63, 3.8) is 0 Å². The fourth-order valence-electron chi connectivity index (χ4n) is 4.67. The Hall–Kier alpha value is -4.18. The number of carboxylic acids is 1. The summed E-state index contributed by atoms with van der Waals surface area (Å²) in [6.07, 6.45) is 1.91. The van der Waals surface area contributed by atoms with Gasteiger partial charge in [-0.2, -0.15) is 0 Å². The van der Waals surface area contributed by atoms with Crippen LogP contribution in [0.2, 0.25) is 0 Å². The number of aryl methyl sites for hydroxylation is 1. The quantitative estimate of drug-likeness (QED) is 0.235. The summed E-state index contributed by atoms with van der Waals surface area (Å²) >= 11 is 0. The zero-order valence-corrected chi connectivity index (χ0v) is 21.4. The number of ketones is 1. The van der Waals surface area contributed by atoms with Crippen molar-refractivity contribution in [3.05, 3.63) is 76.6 Å². The van der Waals surface area contributed by atoms with E-state index in [0.29, 0.717) is 40.2 Å². The topological polar surface area (TPSA) is 145 Å². The number of H-pyrrole nitrogens is 1. The van der Waals surface area contributed by atoms with Gasteiger partial charge in [-0.1, -0.05) is 25.1 Å². The summed E-state index contributed by atoms with van der Waals surface area (Å²) in [6, 6.07) is 12.7. The minimum Gasteiger partial charge on any atom is -0.481 e. The Balaban J connectivity index is 1.79. The molecule has 2 heterocycles. The van der Waals surface area contributed by atoms with Gasteiger partial charge in [0.1, 0.15) is 0 Å². The predicted molar refractivity (Wildman–Crippen MR) is 141 cm³/mol. The molecule has 0 saturated carbocycles. The third kappa shape index (κ3) is 5.19. The second-order valence-corrected chi connectivity index (χ2v) is 10.6. The highest BCUT2D eigenvalue weighted by molar-refractivity contribution is 7.92. The molecule has 1 amide bonds. The molecule has 2 aromatic carbocycles. The van der Waals surface area contributed by atoms with E-state index < -0.39 is 27.8 Å². The van der Waals surface area contributed by atoms with Crippen LogP contribution in [0, 0.1) is 6.92 Å². The number of Topliss-reactive ketones (excluding diaryl/α,β-unsaturated/α-hetero) is 1. The Morgan fingerprint density at radius 2 is 1.84 bits per heavy atom. The van der Waals surface area contributed by atoms with Gasteiger partial charge in [0.15, 0.2) is 5.78 Å². The van der Waals surface area contributed by atoms with Gasteiger partial charge in [-0.3, -0.25) is 19.1 Å². The molecule has 4 N–H and O–H groups in total. The first-order valence-electron chi connectivity index (χ1n) is 11.7. The summed E-state index contributed by atoms with van der Waals surface area (Å²) < 4.78 is 28.1. The van der Waals surface area contributed by atoms with E-state index in [-0.39, 0.29) is 28.4 Å². The zero-order chi connectivity index (χ0) is 26.9. The van der Waals surface area contributed by atoms with E-state index in [0.717, 1.165) is 0 Å². The number of aromatic nitrogens is 1. The number of fused-ring (bicyclic) bond motifs is 1. The number of nitrogens with one attached hydrogen (secondary N) is 3. The molecule has 0 spiro atoms. The molecule has 10 heteroatoms. The van der Waals surface area contributed by atoms with Crippen molar-refractivity contribution in [3.8, 4) is 0 Å². The summed E-state index contributed by atoms with van der Waals surface area (Å²) in [5.41, 5.74) is 3.56. The highest BCUT2D eigenvalue weighted by Crippen LogP contribution is 2.38. The number of amides is 1. The molecule has 9 nitrogen and oxygen atoms in total. The fraction of sp³-hybridized carbons (Fsp3) is 0.222. The van der Waals surface area contributed by atoms with E-state index >= 15 is 0 Å². The Morgan fingerprint density at radius 3 is 2.46 bits per heavy atom. The van der Waals surface area contributed by atoms with Gasteiger partial charge in [-0.25, -0.2) is 8.42 Å². The standard InChI is InChI=1S/C27H27N3O6S/c1-4-17(12-24(32)33)26-23(28-15(2)25(26)16(3)31)14-21-20-13-18(10-11-22(20)29-27(21)34)30-37(35,36)19-8-6-5-7-9-19/h5-11,13-14,17,28,30H,4,12H2,1-3H3,(H,29,34)(H,32,33)/b21-14-. The Bertz CT molecular complexity index is 1540. The molecule has 37 heavy (non-hydrogen) atoms. The lowest BCUT2D eigenvalue weighted by molar-refractivity contribution is -0.137. The first-order valence-corrected chi connectivity index (χ1v) is 13.2. The van der Waals surface area contributed by atoms with Gasteiger partial charge < -0.3 is 15.4 Å². The van der Waals surface area contributed by atoms with Crippen LogP contribution in [0.15, 0.2) is 53.4 Å². The second-order valence-electron chi connectivity index (χ2n) is 8.90. The van der Waals surface area contributed by atoms with Crippen molar-refractivity contribution in [1.29, 1.82) is 0 Å². The Morgan fingerprint density at radius 1 is 1.14 bits per heavy atom. The number of benzene rings is 2. The van der Waals surface area contributed by atoms with Crippen molar-refractivity contribution in [2.24, 2.45) is 0 Å². The third-order valence-electron chi connectivity index (χ3n) is 6.33. The molecule has 0 aliphatic carbocycles. The highest BCUT2D eigenvalue weighted by atomic mass is 32.2. The Labute approximate surface area is 214 Å². The molecule has 1 aliphatic rings. The average Bonchev–Trinajstić information content (AvgIpc) is 3.33. The normalized spacial score (nSPS) is 14.8. The van der Waals surface area contributed by atoms with Gasteiger partial charge >= 0.3 is 5.97 Å². The number of carbonyl (C=O) groups excluding carboxylic acids is 2. The molecular formula is C27H27N3O6S. The fourth-order valence-corrected chi connectivity index (χ4v) is 5.74. The molecule has 1 atom stereocenters.